The smallest absolute Gasteiger partial charge is 0.225 e. The van der Waals surface area contributed by atoms with E-state index < -0.39 is 5.95 Å². The number of benzene rings is 1. The first-order valence-electron chi connectivity index (χ1n) is 5.74. The van der Waals surface area contributed by atoms with E-state index in [1.165, 1.54) is 6.07 Å². The molecular weight excluding hydrogens is 247 g/mol. The van der Waals surface area contributed by atoms with Crippen LogP contribution in [0, 0.1) is 5.95 Å². The molecule has 0 aliphatic heterocycles. The molecule has 0 radical (unpaired) electrons. The highest BCUT2D eigenvalue weighted by Crippen LogP contribution is 2.31. The van der Waals surface area contributed by atoms with E-state index in [0.29, 0.717) is 17.2 Å². The van der Waals surface area contributed by atoms with E-state index in [4.69, 9.17) is 4.42 Å². The second kappa shape index (κ2) is 4.28. The average molecular weight is 258 g/mol. The minimum atomic E-state index is -0.602. The fourth-order valence-corrected chi connectivity index (χ4v) is 1.91. The topological polar surface area (TPSA) is 58.3 Å². The molecule has 96 valence electrons. The van der Waals surface area contributed by atoms with Crippen LogP contribution in [0.3, 0.4) is 0 Å². The van der Waals surface area contributed by atoms with Gasteiger partial charge in [0.05, 0.1) is 5.56 Å². The van der Waals surface area contributed by atoms with Crippen LogP contribution in [0.1, 0.15) is 0 Å². The fraction of sp³-hybridized carbons (Fsp3) is 0.0714. The van der Waals surface area contributed by atoms with Crippen molar-refractivity contribution in [1.82, 2.24) is 4.98 Å². The van der Waals surface area contributed by atoms with Crippen molar-refractivity contribution in [3.8, 4) is 17.1 Å². The summed E-state index contributed by atoms with van der Waals surface area (Å²) in [5.41, 5.74) is 0.793. The van der Waals surface area contributed by atoms with Gasteiger partial charge in [-0.25, -0.2) is 4.98 Å². The Kier molecular flexibility index (Phi) is 2.59. The monoisotopic (exact) mass is 258 g/mol. The van der Waals surface area contributed by atoms with E-state index in [1.807, 2.05) is 0 Å². The molecule has 19 heavy (non-hydrogen) atoms. The van der Waals surface area contributed by atoms with Crippen LogP contribution < -0.4 is 5.32 Å². The molecule has 2 aromatic heterocycles. The van der Waals surface area contributed by atoms with Crippen molar-refractivity contribution in [2.24, 2.45) is 0 Å². The Hall–Kier alpha value is -2.56. The van der Waals surface area contributed by atoms with Gasteiger partial charge in [-0.05, 0) is 30.3 Å². The molecule has 2 heterocycles. The number of rotatable bonds is 2. The summed E-state index contributed by atoms with van der Waals surface area (Å²) in [5, 5.41) is 12.9. The molecule has 3 aromatic rings. The van der Waals surface area contributed by atoms with Crippen LogP contribution in [-0.2, 0) is 0 Å². The normalized spacial score (nSPS) is 10.8. The summed E-state index contributed by atoms with van der Waals surface area (Å²) in [5.74, 6) is 0.343. The van der Waals surface area contributed by atoms with Gasteiger partial charge >= 0.3 is 0 Å². The fourth-order valence-electron chi connectivity index (χ4n) is 1.91. The van der Waals surface area contributed by atoms with Gasteiger partial charge in [-0.1, -0.05) is 0 Å². The largest absolute Gasteiger partial charge is 0.508 e. The number of furan rings is 1. The molecule has 3 rings (SSSR count). The van der Waals surface area contributed by atoms with Gasteiger partial charge in [0.25, 0.3) is 0 Å². The summed E-state index contributed by atoms with van der Waals surface area (Å²) in [6.45, 7) is 0. The van der Waals surface area contributed by atoms with E-state index in [1.54, 1.807) is 37.4 Å². The second-order valence-electron chi connectivity index (χ2n) is 4.12. The number of hydrogen-bond acceptors (Lipinski definition) is 4. The Morgan fingerprint density at radius 3 is 2.79 bits per heavy atom. The molecule has 0 bridgehead atoms. The molecular formula is C14H11FN2O2. The molecule has 0 atom stereocenters. The van der Waals surface area contributed by atoms with E-state index in [9.17, 15) is 9.50 Å². The van der Waals surface area contributed by atoms with Gasteiger partial charge in [0.1, 0.15) is 22.9 Å². The third-order valence-corrected chi connectivity index (χ3v) is 2.87. The van der Waals surface area contributed by atoms with Gasteiger partial charge in [0, 0.05) is 18.5 Å². The quantitative estimate of drug-likeness (QED) is 0.692. The number of phenolic OH excluding ortho intramolecular Hbond substituents is 1. The van der Waals surface area contributed by atoms with Crippen LogP contribution in [-0.4, -0.2) is 17.1 Å². The lowest BCUT2D eigenvalue weighted by Gasteiger charge is -2.02. The zero-order chi connectivity index (χ0) is 13.4. The maximum absolute atomic E-state index is 13.9. The highest BCUT2D eigenvalue weighted by Gasteiger charge is 2.12. The molecule has 0 amide bonds. The zero-order valence-electron chi connectivity index (χ0n) is 10.1. The van der Waals surface area contributed by atoms with Gasteiger partial charge in [-0.15, -0.1) is 0 Å². The lowest BCUT2D eigenvalue weighted by molar-refractivity contribution is 0.474. The van der Waals surface area contributed by atoms with Crippen molar-refractivity contribution in [2.45, 2.75) is 0 Å². The van der Waals surface area contributed by atoms with E-state index in [0.717, 1.165) is 5.39 Å². The van der Waals surface area contributed by atoms with E-state index in [-0.39, 0.29) is 11.3 Å². The predicted molar refractivity (Wildman–Crippen MR) is 70.6 cm³/mol. The van der Waals surface area contributed by atoms with Gasteiger partial charge in [-0.2, -0.15) is 4.39 Å². The lowest BCUT2D eigenvalue weighted by Crippen LogP contribution is -1.95. The van der Waals surface area contributed by atoms with Crippen LogP contribution in [0.25, 0.3) is 22.3 Å². The molecule has 0 spiro atoms. The number of anilines is 1. The minimum Gasteiger partial charge on any atom is -0.508 e. The summed E-state index contributed by atoms with van der Waals surface area (Å²) in [6, 6.07) is 9.75. The molecule has 5 heteroatoms. The first-order valence-corrected chi connectivity index (χ1v) is 5.74. The molecule has 4 nitrogen and oxygen atoms in total. The van der Waals surface area contributed by atoms with Gasteiger partial charge in [-0.3, -0.25) is 0 Å². The summed E-state index contributed by atoms with van der Waals surface area (Å²) < 4.78 is 19.4. The lowest BCUT2D eigenvalue weighted by atomic mass is 10.2. The summed E-state index contributed by atoms with van der Waals surface area (Å²) in [4.78, 5) is 3.77. The third kappa shape index (κ3) is 1.99. The van der Waals surface area contributed by atoms with Crippen LogP contribution >= 0.6 is 0 Å². The Morgan fingerprint density at radius 1 is 1.21 bits per heavy atom. The molecule has 0 saturated carbocycles. The number of phenols is 1. The van der Waals surface area contributed by atoms with Crippen molar-refractivity contribution in [3.05, 3.63) is 42.3 Å². The SMILES string of the molecule is CNc1ccc(-c2cc3ccc(O)cc3o2)c(F)n1. The van der Waals surface area contributed by atoms with Crippen LogP contribution in [0.15, 0.2) is 40.8 Å². The van der Waals surface area contributed by atoms with Crippen LogP contribution in [0.4, 0.5) is 10.2 Å². The molecule has 0 fully saturated rings. The van der Waals surface area contributed by atoms with Crippen molar-refractivity contribution in [3.63, 3.8) is 0 Å². The molecule has 0 aliphatic rings. The average Bonchev–Trinajstić information content (AvgIpc) is 2.81. The maximum atomic E-state index is 13.9. The minimum absolute atomic E-state index is 0.109. The summed E-state index contributed by atoms with van der Waals surface area (Å²) in [7, 11) is 1.67. The molecule has 2 N–H and O–H groups in total. The molecule has 0 aliphatic carbocycles. The molecule has 0 saturated heterocycles. The Labute approximate surface area is 108 Å². The number of pyridine rings is 1. The Balaban J connectivity index is 2.13. The Morgan fingerprint density at radius 2 is 2.05 bits per heavy atom. The second-order valence-corrected chi connectivity index (χ2v) is 4.12. The van der Waals surface area contributed by atoms with E-state index >= 15 is 0 Å². The highest BCUT2D eigenvalue weighted by molar-refractivity contribution is 5.83. The van der Waals surface area contributed by atoms with Crippen molar-refractivity contribution < 1.29 is 13.9 Å². The van der Waals surface area contributed by atoms with Gasteiger partial charge in [0.15, 0.2) is 0 Å². The standard InChI is InChI=1S/C14H11FN2O2/c1-16-13-5-4-10(14(15)17-13)12-6-8-2-3-9(18)7-11(8)19-12/h2-7,18H,1H3,(H,16,17). The number of aromatic nitrogens is 1. The maximum Gasteiger partial charge on any atom is 0.225 e. The van der Waals surface area contributed by atoms with Crippen LogP contribution in [0.2, 0.25) is 0 Å². The highest BCUT2D eigenvalue weighted by atomic mass is 19.1. The molecule has 1 aromatic carbocycles. The third-order valence-electron chi connectivity index (χ3n) is 2.87. The first-order chi connectivity index (χ1) is 9.17. The number of hydrogen-bond donors (Lipinski definition) is 2. The Bertz CT molecular complexity index is 752. The predicted octanol–water partition coefficient (Wildman–Crippen LogP) is 3.38. The first kappa shape index (κ1) is 11.5. The van der Waals surface area contributed by atoms with Crippen molar-refractivity contribution in [1.29, 1.82) is 0 Å². The van der Waals surface area contributed by atoms with Crippen molar-refractivity contribution >= 4 is 16.8 Å². The zero-order valence-corrected chi connectivity index (χ0v) is 10.1. The molecule has 0 unspecified atom stereocenters. The van der Waals surface area contributed by atoms with Gasteiger partial charge < -0.3 is 14.8 Å². The van der Waals surface area contributed by atoms with Crippen molar-refractivity contribution in [2.75, 3.05) is 12.4 Å². The number of aromatic hydroxyl groups is 1. The van der Waals surface area contributed by atoms with Gasteiger partial charge in [0.2, 0.25) is 5.95 Å². The number of nitrogens with zero attached hydrogens (tertiary/aromatic N) is 1. The number of halogens is 1. The van der Waals surface area contributed by atoms with E-state index in [2.05, 4.69) is 10.3 Å². The summed E-state index contributed by atoms with van der Waals surface area (Å²) >= 11 is 0. The number of nitrogens with one attached hydrogen (secondary N) is 1. The van der Waals surface area contributed by atoms with Crippen LogP contribution in [0.5, 0.6) is 5.75 Å². The summed E-state index contributed by atoms with van der Waals surface area (Å²) in [6.07, 6.45) is 0. The number of fused-ring (bicyclic) bond motifs is 1.